The second kappa shape index (κ2) is 5.87. The van der Waals surface area contributed by atoms with Gasteiger partial charge in [0.05, 0.1) is 12.8 Å². The largest absolute Gasteiger partial charge is 0.467 e. The van der Waals surface area contributed by atoms with E-state index in [9.17, 15) is 14.4 Å². The Morgan fingerprint density at radius 2 is 2.30 bits per heavy atom. The quantitative estimate of drug-likeness (QED) is 0.564. The van der Waals surface area contributed by atoms with E-state index in [0.717, 1.165) is 0 Å². The van der Waals surface area contributed by atoms with Crippen LogP contribution >= 0.6 is 0 Å². The summed E-state index contributed by atoms with van der Waals surface area (Å²) in [7, 11) is 0. The van der Waals surface area contributed by atoms with E-state index in [1.807, 2.05) is 4.98 Å². The standard InChI is InChI=1S/C11H13N5O4/c1-6(9(17)12-5-7-3-2-4-20-7)13-8-10(18)14-11(19)16-15-8/h2-4,6H,5H2,1H3,(H,12,17)(H,13,15)(H2,14,16,18,19)/t6-/m1/s1. The molecule has 1 atom stereocenters. The van der Waals surface area contributed by atoms with Gasteiger partial charge in [-0.2, -0.15) is 0 Å². The Balaban J connectivity index is 1.93. The van der Waals surface area contributed by atoms with Crippen LogP contribution < -0.4 is 21.9 Å². The van der Waals surface area contributed by atoms with E-state index in [2.05, 4.69) is 20.8 Å². The molecule has 20 heavy (non-hydrogen) atoms. The summed E-state index contributed by atoms with van der Waals surface area (Å²) in [6.45, 7) is 1.80. The summed E-state index contributed by atoms with van der Waals surface area (Å²) in [5.74, 6) is 0.143. The van der Waals surface area contributed by atoms with Gasteiger partial charge in [0.15, 0.2) is 0 Å². The molecule has 0 aliphatic carbocycles. The highest BCUT2D eigenvalue weighted by molar-refractivity contribution is 5.83. The fourth-order valence-corrected chi connectivity index (χ4v) is 1.46. The molecule has 2 rings (SSSR count). The van der Waals surface area contributed by atoms with Gasteiger partial charge in [-0.1, -0.05) is 0 Å². The predicted octanol–water partition coefficient (Wildman–Crippen LogP) is -0.832. The minimum Gasteiger partial charge on any atom is -0.467 e. The number of amides is 1. The highest BCUT2D eigenvalue weighted by Crippen LogP contribution is 1.99. The van der Waals surface area contributed by atoms with Crippen molar-refractivity contribution >= 4 is 11.7 Å². The van der Waals surface area contributed by atoms with Crippen LogP contribution in [0.15, 0.2) is 32.4 Å². The zero-order valence-corrected chi connectivity index (χ0v) is 10.6. The summed E-state index contributed by atoms with van der Waals surface area (Å²) in [5, 5.41) is 10.8. The first-order chi connectivity index (χ1) is 9.56. The van der Waals surface area contributed by atoms with Crippen LogP contribution in [0.5, 0.6) is 0 Å². The first kappa shape index (κ1) is 13.6. The lowest BCUT2D eigenvalue weighted by atomic mass is 10.3. The Morgan fingerprint density at radius 3 is 2.95 bits per heavy atom. The smallest absolute Gasteiger partial charge is 0.342 e. The lowest BCUT2D eigenvalue weighted by Gasteiger charge is -2.12. The number of anilines is 1. The molecule has 0 aromatic carbocycles. The number of aromatic nitrogens is 3. The molecule has 0 aliphatic rings. The van der Waals surface area contributed by atoms with Crippen LogP contribution in [-0.2, 0) is 11.3 Å². The van der Waals surface area contributed by atoms with E-state index in [1.54, 1.807) is 19.1 Å². The summed E-state index contributed by atoms with van der Waals surface area (Å²) in [6, 6.07) is 2.74. The summed E-state index contributed by atoms with van der Waals surface area (Å²) < 4.78 is 5.07. The Hall–Kier alpha value is -2.84. The van der Waals surface area contributed by atoms with Gasteiger partial charge in [-0.05, 0) is 19.1 Å². The highest BCUT2D eigenvalue weighted by atomic mass is 16.3. The topological polar surface area (TPSA) is 133 Å². The molecule has 9 nitrogen and oxygen atoms in total. The molecular formula is C11H13N5O4. The maximum absolute atomic E-state index is 11.8. The molecule has 106 valence electrons. The molecule has 0 spiro atoms. The minimum atomic E-state index is -0.713. The number of nitrogens with zero attached hydrogens (tertiary/aromatic N) is 1. The van der Waals surface area contributed by atoms with Crippen molar-refractivity contribution in [3.05, 3.63) is 45.0 Å². The van der Waals surface area contributed by atoms with Gasteiger partial charge in [0.25, 0.3) is 5.56 Å². The third-order valence-electron chi connectivity index (χ3n) is 2.47. The third-order valence-corrected chi connectivity index (χ3v) is 2.47. The van der Waals surface area contributed by atoms with Crippen LogP contribution in [0.25, 0.3) is 0 Å². The molecule has 0 unspecified atom stereocenters. The molecule has 0 fully saturated rings. The molecule has 0 aliphatic heterocycles. The SMILES string of the molecule is C[C@@H](Nc1n[nH]c(=O)[nH]c1=O)C(=O)NCc1ccco1. The van der Waals surface area contributed by atoms with Crippen molar-refractivity contribution in [3.63, 3.8) is 0 Å². The number of rotatable bonds is 5. The van der Waals surface area contributed by atoms with Crippen LogP contribution in [0.2, 0.25) is 0 Å². The molecule has 0 saturated heterocycles. The van der Waals surface area contributed by atoms with E-state index < -0.39 is 17.3 Å². The summed E-state index contributed by atoms with van der Waals surface area (Å²) in [4.78, 5) is 36.0. The van der Waals surface area contributed by atoms with Gasteiger partial charge in [0, 0.05) is 0 Å². The Labute approximate surface area is 112 Å². The number of carbonyl (C=O) groups excluding carboxylic acids is 1. The average Bonchev–Trinajstić information content (AvgIpc) is 2.92. The average molecular weight is 279 g/mol. The number of hydrogen-bond acceptors (Lipinski definition) is 6. The Morgan fingerprint density at radius 1 is 1.50 bits per heavy atom. The van der Waals surface area contributed by atoms with E-state index in [-0.39, 0.29) is 18.3 Å². The van der Waals surface area contributed by atoms with E-state index in [4.69, 9.17) is 4.42 Å². The van der Waals surface area contributed by atoms with Crippen LogP contribution in [-0.4, -0.2) is 27.1 Å². The Kier molecular flexibility index (Phi) is 3.99. The molecule has 2 aromatic rings. The third kappa shape index (κ3) is 3.34. The van der Waals surface area contributed by atoms with Crippen LogP contribution in [0.3, 0.4) is 0 Å². The molecule has 1 amide bonds. The molecule has 0 bridgehead atoms. The van der Waals surface area contributed by atoms with Crippen LogP contribution in [0.1, 0.15) is 12.7 Å². The molecule has 2 aromatic heterocycles. The summed E-state index contributed by atoms with van der Waals surface area (Å²) >= 11 is 0. The van der Waals surface area contributed by atoms with Crippen LogP contribution in [0, 0.1) is 0 Å². The zero-order valence-electron chi connectivity index (χ0n) is 10.6. The van der Waals surface area contributed by atoms with Gasteiger partial charge in [0.2, 0.25) is 11.7 Å². The number of carbonyl (C=O) groups is 1. The van der Waals surface area contributed by atoms with Crippen molar-refractivity contribution in [1.29, 1.82) is 0 Å². The van der Waals surface area contributed by atoms with Gasteiger partial charge in [-0.25, -0.2) is 9.89 Å². The van der Waals surface area contributed by atoms with Crippen molar-refractivity contribution in [3.8, 4) is 0 Å². The normalized spacial score (nSPS) is 11.8. The molecule has 0 radical (unpaired) electrons. The lowest BCUT2D eigenvalue weighted by Crippen LogP contribution is -2.39. The first-order valence-corrected chi connectivity index (χ1v) is 5.82. The second-order valence-electron chi connectivity index (χ2n) is 4.02. The molecule has 0 saturated carbocycles. The molecule has 4 N–H and O–H groups in total. The zero-order chi connectivity index (χ0) is 14.5. The highest BCUT2D eigenvalue weighted by Gasteiger charge is 2.15. The van der Waals surface area contributed by atoms with E-state index in [1.165, 1.54) is 6.26 Å². The summed E-state index contributed by atoms with van der Waals surface area (Å²) in [6.07, 6.45) is 1.51. The molecule has 9 heteroatoms. The van der Waals surface area contributed by atoms with E-state index in [0.29, 0.717) is 5.76 Å². The van der Waals surface area contributed by atoms with Gasteiger partial charge in [0.1, 0.15) is 11.8 Å². The fraction of sp³-hybridized carbons (Fsp3) is 0.273. The van der Waals surface area contributed by atoms with Gasteiger partial charge in [-0.15, -0.1) is 5.10 Å². The second-order valence-corrected chi connectivity index (χ2v) is 4.02. The maximum atomic E-state index is 11.8. The van der Waals surface area contributed by atoms with Crippen molar-refractivity contribution < 1.29 is 9.21 Å². The fourth-order valence-electron chi connectivity index (χ4n) is 1.46. The van der Waals surface area contributed by atoms with Crippen molar-refractivity contribution in [2.45, 2.75) is 19.5 Å². The van der Waals surface area contributed by atoms with Gasteiger partial charge in [-0.3, -0.25) is 14.6 Å². The van der Waals surface area contributed by atoms with Gasteiger partial charge >= 0.3 is 5.69 Å². The molecular weight excluding hydrogens is 266 g/mol. The van der Waals surface area contributed by atoms with Crippen molar-refractivity contribution in [2.24, 2.45) is 0 Å². The predicted molar refractivity (Wildman–Crippen MR) is 69.1 cm³/mol. The van der Waals surface area contributed by atoms with E-state index >= 15 is 0 Å². The number of nitrogens with one attached hydrogen (secondary N) is 4. The monoisotopic (exact) mass is 279 g/mol. The summed E-state index contributed by atoms with van der Waals surface area (Å²) in [5.41, 5.74) is -1.41. The number of aromatic amines is 2. The van der Waals surface area contributed by atoms with Gasteiger partial charge < -0.3 is 15.1 Å². The number of H-pyrrole nitrogens is 2. The van der Waals surface area contributed by atoms with Crippen molar-refractivity contribution in [1.82, 2.24) is 20.5 Å². The number of furan rings is 1. The first-order valence-electron chi connectivity index (χ1n) is 5.82. The molecule has 2 heterocycles. The maximum Gasteiger partial charge on any atom is 0.342 e. The van der Waals surface area contributed by atoms with Crippen molar-refractivity contribution in [2.75, 3.05) is 5.32 Å². The lowest BCUT2D eigenvalue weighted by molar-refractivity contribution is -0.121. The van der Waals surface area contributed by atoms with Crippen LogP contribution in [0.4, 0.5) is 5.82 Å². The number of hydrogen-bond donors (Lipinski definition) is 4. The Bertz CT molecular complexity index is 687. The minimum absolute atomic E-state index is 0.134.